The number of aromatic nitrogens is 2. The van der Waals surface area contributed by atoms with Crippen molar-refractivity contribution in [2.24, 2.45) is 0 Å². The van der Waals surface area contributed by atoms with Crippen LogP contribution in [0.4, 0.5) is 0 Å². The molecule has 0 unspecified atom stereocenters. The minimum Gasteiger partial charge on any atom is -0.339 e. The van der Waals surface area contributed by atoms with Crippen LogP contribution < -0.4 is 5.32 Å². The van der Waals surface area contributed by atoms with E-state index in [-0.39, 0.29) is 0 Å². The van der Waals surface area contributed by atoms with E-state index in [1.165, 1.54) is 24.3 Å². The number of piperidine rings is 1. The zero-order valence-corrected chi connectivity index (χ0v) is 10.8. The predicted octanol–water partition coefficient (Wildman–Crippen LogP) is 2.15. The van der Waals surface area contributed by atoms with E-state index in [0.29, 0.717) is 11.8 Å². The van der Waals surface area contributed by atoms with Gasteiger partial charge in [-0.3, -0.25) is 0 Å². The van der Waals surface area contributed by atoms with Crippen LogP contribution in [0.25, 0.3) is 0 Å². The third-order valence-electron chi connectivity index (χ3n) is 3.73. The Bertz CT molecular complexity index is 324. The molecule has 2 aliphatic rings. The Kier molecular flexibility index (Phi) is 3.66. The Morgan fingerprint density at radius 2 is 1.82 bits per heavy atom. The van der Waals surface area contributed by atoms with Gasteiger partial charge in [0, 0.05) is 11.8 Å². The summed E-state index contributed by atoms with van der Waals surface area (Å²) in [7, 11) is 0. The molecule has 2 fully saturated rings. The van der Waals surface area contributed by atoms with Crippen molar-refractivity contribution >= 4 is 11.8 Å². The first-order valence-corrected chi connectivity index (χ1v) is 7.71. The molecule has 2 saturated heterocycles. The molecule has 0 aliphatic carbocycles. The molecule has 1 aromatic heterocycles. The van der Waals surface area contributed by atoms with Crippen LogP contribution >= 0.6 is 11.8 Å². The standard InChI is InChI=1S/C12H19N3OS/c1-5-13-6-2-10(1)12-14-11(15-16-12)9-3-7-17-8-4-9/h9-10,13H,1-8H2. The van der Waals surface area contributed by atoms with Gasteiger partial charge in [0.1, 0.15) is 0 Å². The highest BCUT2D eigenvalue weighted by Gasteiger charge is 2.25. The normalized spacial score (nSPS) is 24.0. The van der Waals surface area contributed by atoms with Gasteiger partial charge in [0.05, 0.1) is 0 Å². The molecule has 0 atom stereocenters. The first kappa shape index (κ1) is 11.5. The maximum Gasteiger partial charge on any atom is 0.229 e. The number of nitrogens with one attached hydrogen (secondary N) is 1. The van der Waals surface area contributed by atoms with Crippen LogP contribution in [0.1, 0.15) is 49.2 Å². The Morgan fingerprint density at radius 1 is 1.06 bits per heavy atom. The van der Waals surface area contributed by atoms with Gasteiger partial charge in [-0.25, -0.2) is 0 Å². The SMILES string of the molecule is C1CC(c2nc(C3CCSCC3)no2)CCN1. The van der Waals surface area contributed by atoms with Crippen molar-refractivity contribution in [2.75, 3.05) is 24.6 Å². The van der Waals surface area contributed by atoms with Crippen molar-refractivity contribution in [1.82, 2.24) is 15.5 Å². The second-order valence-electron chi connectivity index (χ2n) is 4.90. The molecule has 1 N–H and O–H groups in total. The lowest BCUT2D eigenvalue weighted by atomic mass is 9.98. The van der Waals surface area contributed by atoms with Gasteiger partial charge in [-0.1, -0.05) is 5.16 Å². The molecule has 3 rings (SSSR count). The molecule has 0 spiro atoms. The summed E-state index contributed by atoms with van der Waals surface area (Å²) in [6.45, 7) is 2.14. The highest BCUT2D eigenvalue weighted by atomic mass is 32.2. The van der Waals surface area contributed by atoms with Gasteiger partial charge >= 0.3 is 0 Å². The zero-order chi connectivity index (χ0) is 11.5. The van der Waals surface area contributed by atoms with E-state index in [0.717, 1.165) is 37.6 Å². The Labute approximate surface area is 106 Å². The fourth-order valence-corrected chi connectivity index (χ4v) is 3.71. The van der Waals surface area contributed by atoms with Crippen LogP contribution in [-0.2, 0) is 0 Å². The van der Waals surface area contributed by atoms with Crippen LogP contribution in [0.2, 0.25) is 0 Å². The average Bonchev–Trinajstić information content (AvgIpc) is 2.90. The first-order chi connectivity index (χ1) is 8.43. The molecular formula is C12H19N3OS. The van der Waals surface area contributed by atoms with Gasteiger partial charge < -0.3 is 9.84 Å². The van der Waals surface area contributed by atoms with Crippen molar-refractivity contribution in [3.05, 3.63) is 11.7 Å². The zero-order valence-electron chi connectivity index (χ0n) is 10.0. The van der Waals surface area contributed by atoms with Crippen molar-refractivity contribution in [3.8, 4) is 0 Å². The smallest absolute Gasteiger partial charge is 0.229 e. The van der Waals surface area contributed by atoms with Gasteiger partial charge in [-0.05, 0) is 50.3 Å². The third-order valence-corrected chi connectivity index (χ3v) is 4.78. The second-order valence-corrected chi connectivity index (χ2v) is 6.13. The molecule has 17 heavy (non-hydrogen) atoms. The number of hydrogen-bond acceptors (Lipinski definition) is 5. The first-order valence-electron chi connectivity index (χ1n) is 6.55. The van der Waals surface area contributed by atoms with Gasteiger partial charge in [-0.2, -0.15) is 16.7 Å². The highest BCUT2D eigenvalue weighted by Crippen LogP contribution is 2.31. The minimum absolute atomic E-state index is 0.482. The lowest BCUT2D eigenvalue weighted by Crippen LogP contribution is -2.26. The predicted molar refractivity (Wildman–Crippen MR) is 68.4 cm³/mol. The maximum atomic E-state index is 5.46. The fourth-order valence-electron chi connectivity index (χ4n) is 2.60. The largest absolute Gasteiger partial charge is 0.339 e. The number of hydrogen-bond donors (Lipinski definition) is 1. The monoisotopic (exact) mass is 253 g/mol. The molecular weight excluding hydrogens is 234 g/mol. The molecule has 0 bridgehead atoms. The summed E-state index contributed by atoms with van der Waals surface area (Å²) in [5.74, 6) is 5.33. The van der Waals surface area contributed by atoms with Crippen LogP contribution in [0.3, 0.4) is 0 Å². The van der Waals surface area contributed by atoms with Crippen molar-refractivity contribution < 1.29 is 4.52 Å². The Hall–Kier alpha value is -0.550. The molecule has 0 amide bonds. The molecule has 4 nitrogen and oxygen atoms in total. The van der Waals surface area contributed by atoms with Crippen LogP contribution in [0.15, 0.2) is 4.52 Å². The number of nitrogens with zero attached hydrogens (tertiary/aromatic N) is 2. The summed E-state index contributed by atoms with van der Waals surface area (Å²) in [6, 6.07) is 0. The molecule has 5 heteroatoms. The Morgan fingerprint density at radius 3 is 2.59 bits per heavy atom. The van der Waals surface area contributed by atoms with E-state index in [2.05, 4.69) is 15.5 Å². The van der Waals surface area contributed by atoms with E-state index < -0.39 is 0 Å². The van der Waals surface area contributed by atoms with Gasteiger partial charge in [0.15, 0.2) is 5.82 Å². The van der Waals surface area contributed by atoms with Gasteiger partial charge in [-0.15, -0.1) is 0 Å². The van der Waals surface area contributed by atoms with E-state index in [4.69, 9.17) is 4.52 Å². The molecule has 3 heterocycles. The molecule has 2 aliphatic heterocycles. The molecule has 1 aromatic rings. The molecule has 0 aromatic carbocycles. The van der Waals surface area contributed by atoms with Crippen LogP contribution in [0.5, 0.6) is 0 Å². The van der Waals surface area contributed by atoms with Crippen LogP contribution in [-0.4, -0.2) is 34.7 Å². The van der Waals surface area contributed by atoms with E-state index >= 15 is 0 Å². The third kappa shape index (κ3) is 2.65. The maximum absolute atomic E-state index is 5.46. The summed E-state index contributed by atoms with van der Waals surface area (Å²) < 4.78 is 5.46. The van der Waals surface area contributed by atoms with E-state index in [9.17, 15) is 0 Å². The van der Waals surface area contributed by atoms with Gasteiger partial charge in [0.2, 0.25) is 5.89 Å². The second kappa shape index (κ2) is 5.40. The lowest BCUT2D eigenvalue weighted by molar-refractivity contribution is 0.316. The van der Waals surface area contributed by atoms with Crippen molar-refractivity contribution in [3.63, 3.8) is 0 Å². The van der Waals surface area contributed by atoms with E-state index in [1.807, 2.05) is 11.8 Å². The summed E-state index contributed by atoms with van der Waals surface area (Å²) >= 11 is 2.03. The summed E-state index contributed by atoms with van der Waals surface area (Å²) in [4.78, 5) is 4.64. The minimum atomic E-state index is 0.482. The van der Waals surface area contributed by atoms with Crippen LogP contribution in [0, 0.1) is 0 Å². The van der Waals surface area contributed by atoms with Crippen molar-refractivity contribution in [1.29, 1.82) is 0 Å². The number of thioether (sulfide) groups is 1. The topological polar surface area (TPSA) is 51.0 Å². The fraction of sp³-hybridized carbons (Fsp3) is 0.833. The van der Waals surface area contributed by atoms with Gasteiger partial charge in [0.25, 0.3) is 0 Å². The number of rotatable bonds is 2. The summed E-state index contributed by atoms with van der Waals surface area (Å²) in [5, 5.41) is 7.56. The van der Waals surface area contributed by atoms with E-state index in [1.54, 1.807) is 0 Å². The molecule has 0 saturated carbocycles. The van der Waals surface area contributed by atoms with Crippen molar-refractivity contribution in [2.45, 2.75) is 37.5 Å². The molecule has 0 radical (unpaired) electrons. The Balaban J connectivity index is 1.68. The molecule has 94 valence electrons. The highest BCUT2D eigenvalue weighted by molar-refractivity contribution is 7.99. The average molecular weight is 253 g/mol. The lowest BCUT2D eigenvalue weighted by Gasteiger charge is -2.19. The quantitative estimate of drug-likeness (QED) is 0.875. The summed E-state index contributed by atoms with van der Waals surface area (Å²) in [6.07, 6.45) is 4.66. The summed E-state index contributed by atoms with van der Waals surface area (Å²) in [5.41, 5.74) is 0.